The van der Waals surface area contributed by atoms with E-state index >= 15 is 0 Å². The molecule has 2 aromatic carbocycles. The average Bonchev–Trinajstić information content (AvgIpc) is 2.53. The lowest BCUT2D eigenvalue weighted by molar-refractivity contribution is 0.0804. The van der Waals surface area contributed by atoms with Crippen molar-refractivity contribution in [2.45, 2.75) is 45.1 Å². The molecule has 114 valence electrons. The minimum Gasteiger partial charge on any atom is -0.388 e. The van der Waals surface area contributed by atoms with Crippen LogP contribution in [0.3, 0.4) is 0 Å². The van der Waals surface area contributed by atoms with Gasteiger partial charge in [-0.05, 0) is 22.8 Å². The lowest BCUT2D eigenvalue weighted by atomic mass is 9.99. The lowest BCUT2D eigenvalue weighted by Crippen LogP contribution is -2.05. The number of benzene rings is 2. The van der Waals surface area contributed by atoms with Crippen LogP contribution in [0.15, 0.2) is 42.5 Å². The van der Waals surface area contributed by atoms with Crippen molar-refractivity contribution in [3.8, 4) is 0 Å². The Bertz CT molecular complexity index is 531. The van der Waals surface area contributed by atoms with Crippen molar-refractivity contribution in [1.82, 2.24) is 0 Å². The summed E-state index contributed by atoms with van der Waals surface area (Å²) in [7, 11) is 0. The highest BCUT2D eigenvalue weighted by Crippen LogP contribution is 2.26. The molecule has 21 heavy (non-hydrogen) atoms. The number of fused-ring (bicyclic) bond motifs is 1. The predicted molar refractivity (Wildman–Crippen MR) is 88.5 cm³/mol. The van der Waals surface area contributed by atoms with Crippen LogP contribution in [-0.4, -0.2) is 18.3 Å². The minimum absolute atomic E-state index is 0.452. The molecule has 1 N–H and O–H groups in total. The SMILES string of the molecule is CCCCCCOCCC(O)c1cccc2ccccc12. The number of unbranched alkanes of at least 4 members (excludes halogenated alkanes) is 3. The maximum absolute atomic E-state index is 10.4. The molecular formula is C19H26O2. The van der Waals surface area contributed by atoms with Crippen molar-refractivity contribution >= 4 is 10.8 Å². The molecule has 0 radical (unpaired) electrons. The second kappa shape index (κ2) is 8.81. The van der Waals surface area contributed by atoms with Gasteiger partial charge in [0.1, 0.15) is 0 Å². The predicted octanol–water partition coefficient (Wildman–Crippen LogP) is 4.86. The monoisotopic (exact) mass is 286 g/mol. The van der Waals surface area contributed by atoms with Crippen LogP contribution < -0.4 is 0 Å². The van der Waals surface area contributed by atoms with E-state index in [2.05, 4.69) is 25.1 Å². The normalized spacial score (nSPS) is 12.7. The zero-order chi connectivity index (χ0) is 14.9. The number of ether oxygens (including phenoxy) is 1. The van der Waals surface area contributed by atoms with Crippen LogP contribution >= 0.6 is 0 Å². The third-order valence-electron chi connectivity index (χ3n) is 3.86. The van der Waals surface area contributed by atoms with Crippen molar-refractivity contribution in [2.24, 2.45) is 0 Å². The molecule has 0 aromatic heterocycles. The molecule has 1 unspecified atom stereocenters. The van der Waals surface area contributed by atoms with E-state index in [1.54, 1.807) is 0 Å². The quantitative estimate of drug-likeness (QED) is 0.667. The zero-order valence-corrected chi connectivity index (χ0v) is 12.9. The van der Waals surface area contributed by atoms with E-state index in [9.17, 15) is 5.11 Å². The number of aliphatic hydroxyl groups excluding tert-OH is 1. The standard InChI is InChI=1S/C19H26O2/c1-2-3-4-7-14-21-15-13-19(20)18-12-8-10-16-9-5-6-11-17(16)18/h5-6,8-12,19-20H,2-4,7,13-15H2,1H3. The molecule has 1 atom stereocenters. The maximum atomic E-state index is 10.4. The van der Waals surface area contributed by atoms with Gasteiger partial charge in [0.15, 0.2) is 0 Å². The summed E-state index contributed by atoms with van der Waals surface area (Å²) in [5.41, 5.74) is 1.00. The Morgan fingerprint density at radius 3 is 2.62 bits per heavy atom. The van der Waals surface area contributed by atoms with Gasteiger partial charge in [0.25, 0.3) is 0 Å². The number of hydrogen-bond donors (Lipinski definition) is 1. The topological polar surface area (TPSA) is 29.5 Å². The van der Waals surface area contributed by atoms with E-state index in [-0.39, 0.29) is 0 Å². The molecule has 0 fully saturated rings. The summed E-state index contributed by atoms with van der Waals surface area (Å²) in [6.45, 7) is 3.64. The molecule has 0 aliphatic heterocycles. The highest BCUT2D eigenvalue weighted by molar-refractivity contribution is 5.85. The van der Waals surface area contributed by atoms with Crippen molar-refractivity contribution in [3.63, 3.8) is 0 Å². The fourth-order valence-electron chi connectivity index (χ4n) is 2.62. The van der Waals surface area contributed by atoms with Gasteiger partial charge in [0, 0.05) is 19.6 Å². The van der Waals surface area contributed by atoms with Crippen molar-refractivity contribution in [1.29, 1.82) is 0 Å². The van der Waals surface area contributed by atoms with Gasteiger partial charge in [0.05, 0.1) is 6.10 Å². The highest BCUT2D eigenvalue weighted by Gasteiger charge is 2.10. The van der Waals surface area contributed by atoms with Gasteiger partial charge in [0.2, 0.25) is 0 Å². The summed E-state index contributed by atoms with van der Waals surface area (Å²) in [4.78, 5) is 0. The first-order chi connectivity index (χ1) is 10.3. The third-order valence-corrected chi connectivity index (χ3v) is 3.86. The van der Waals surface area contributed by atoms with E-state index in [1.807, 2.05) is 24.3 Å². The Labute approximate surface area is 127 Å². The van der Waals surface area contributed by atoms with E-state index in [4.69, 9.17) is 4.74 Å². The van der Waals surface area contributed by atoms with E-state index < -0.39 is 6.10 Å². The third kappa shape index (κ3) is 4.83. The largest absolute Gasteiger partial charge is 0.388 e. The lowest BCUT2D eigenvalue weighted by Gasteiger charge is -2.14. The van der Waals surface area contributed by atoms with Gasteiger partial charge in [-0.1, -0.05) is 68.7 Å². The Balaban J connectivity index is 1.81. The number of aliphatic hydroxyl groups is 1. The van der Waals surface area contributed by atoms with Crippen molar-refractivity contribution in [3.05, 3.63) is 48.0 Å². The minimum atomic E-state index is -0.452. The second-order valence-electron chi connectivity index (χ2n) is 5.55. The molecule has 2 heteroatoms. The van der Waals surface area contributed by atoms with Crippen LogP contribution in [0.4, 0.5) is 0 Å². The molecule has 0 bridgehead atoms. The first kappa shape index (κ1) is 16.0. The van der Waals surface area contributed by atoms with Gasteiger partial charge in [-0.15, -0.1) is 0 Å². The van der Waals surface area contributed by atoms with Crippen molar-refractivity contribution in [2.75, 3.05) is 13.2 Å². The number of hydrogen-bond acceptors (Lipinski definition) is 2. The van der Waals surface area contributed by atoms with Gasteiger partial charge < -0.3 is 9.84 Å². The Hall–Kier alpha value is -1.38. The van der Waals surface area contributed by atoms with E-state index in [0.717, 1.165) is 24.0 Å². The number of rotatable bonds is 9. The summed E-state index contributed by atoms with van der Waals surface area (Å²) in [5.74, 6) is 0. The molecule has 0 saturated heterocycles. The van der Waals surface area contributed by atoms with Crippen LogP contribution in [-0.2, 0) is 4.74 Å². The van der Waals surface area contributed by atoms with Crippen LogP contribution in [0.5, 0.6) is 0 Å². The van der Waals surface area contributed by atoms with E-state index in [1.165, 1.54) is 24.6 Å². The fraction of sp³-hybridized carbons (Fsp3) is 0.474. The van der Waals surface area contributed by atoms with Crippen molar-refractivity contribution < 1.29 is 9.84 Å². The van der Waals surface area contributed by atoms with Gasteiger partial charge >= 0.3 is 0 Å². The maximum Gasteiger partial charge on any atom is 0.0818 e. The molecule has 2 aromatic rings. The molecule has 0 amide bonds. The van der Waals surface area contributed by atoms with Gasteiger partial charge in [-0.25, -0.2) is 0 Å². The molecule has 0 heterocycles. The van der Waals surface area contributed by atoms with Crippen LogP contribution in [0.25, 0.3) is 10.8 Å². The summed E-state index contributed by atoms with van der Waals surface area (Å²) >= 11 is 0. The molecular weight excluding hydrogens is 260 g/mol. The van der Waals surface area contributed by atoms with Crippen LogP contribution in [0.2, 0.25) is 0 Å². The molecule has 0 spiro atoms. The first-order valence-corrected chi connectivity index (χ1v) is 8.06. The smallest absolute Gasteiger partial charge is 0.0818 e. The second-order valence-corrected chi connectivity index (χ2v) is 5.55. The Morgan fingerprint density at radius 1 is 0.952 bits per heavy atom. The Kier molecular flexibility index (Phi) is 6.71. The molecule has 0 aliphatic carbocycles. The molecule has 2 rings (SSSR count). The average molecular weight is 286 g/mol. The molecule has 0 saturated carbocycles. The molecule has 0 aliphatic rings. The van der Waals surface area contributed by atoms with Gasteiger partial charge in [-0.3, -0.25) is 0 Å². The summed E-state index contributed by atoms with van der Waals surface area (Å²) < 4.78 is 5.62. The Morgan fingerprint density at radius 2 is 1.76 bits per heavy atom. The fourth-order valence-corrected chi connectivity index (χ4v) is 2.62. The van der Waals surface area contributed by atoms with Gasteiger partial charge in [-0.2, -0.15) is 0 Å². The van der Waals surface area contributed by atoms with Crippen LogP contribution in [0.1, 0.15) is 50.7 Å². The summed E-state index contributed by atoms with van der Waals surface area (Å²) in [6.07, 6.45) is 5.09. The first-order valence-electron chi connectivity index (χ1n) is 8.06. The van der Waals surface area contributed by atoms with Crippen LogP contribution in [0, 0.1) is 0 Å². The summed E-state index contributed by atoms with van der Waals surface area (Å²) in [6, 6.07) is 14.3. The summed E-state index contributed by atoms with van der Waals surface area (Å²) in [5, 5.41) is 12.7. The molecule has 2 nitrogen and oxygen atoms in total. The zero-order valence-electron chi connectivity index (χ0n) is 12.9. The van der Waals surface area contributed by atoms with E-state index in [0.29, 0.717) is 13.0 Å². The highest BCUT2D eigenvalue weighted by atomic mass is 16.5.